The van der Waals surface area contributed by atoms with Crippen LogP contribution in [-0.4, -0.2) is 59.7 Å². The Bertz CT molecular complexity index is 1430. The molecule has 1 saturated heterocycles. The van der Waals surface area contributed by atoms with E-state index in [1.807, 2.05) is 36.5 Å². The Balaban J connectivity index is 1.59. The largest absolute Gasteiger partial charge is 0.380 e. The van der Waals surface area contributed by atoms with Gasteiger partial charge in [-0.2, -0.15) is 0 Å². The van der Waals surface area contributed by atoms with Gasteiger partial charge in [-0.15, -0.1) is 0 Å². The summed E-state index contributed by atoms with van der Waals surface area (Å²) in [6, 6.07) is 16.5. The molecule has 2 aliphatic rings. The number of fused-ring (bicyclic) bond motifs is 13. The highest BCUT2D eigenvalue weighted by atomic mass is 16.5. The van der Waals surface area contributed by atoms with Crippen molar-refractivity contribution >= 4 is 33.6 Å². The number of hydrogen-bond acceptors (Lipinski definition) is 4. The van der Waals surface area contributed by atoms with Crippen molar-refractivity contribution in [2.45, 2.75) is 30.8 Å². The lowest BCUT2D eigenvalue weighted by Gasteiger charge is -2.24. The van der Waals surface area contributed by atoms with Crippen molar-refractivity contribution in [3.63, 3.8) is 0 Å². The number of likely N-dealkylation sites (N-methyl/N-ethyl adjacent to an activating group) is 1. The van der Waals surface area contributed by atoms with Gasteiger partial charge in [0.1, 0.15) is 0 Å². The van der Waals surface area contributed by atoms with Crippen molar-refractivity contribution in [1.29, 1.82) is 0 Å². The number of amides is 2. The van der Waals surface area contributed by atoms with Crippen LogP contribution < -0.4 is 5.32 Å². The standard InChI is InChI=1S/C28H30N4O3/c1-30(2)15-18-11-13-35-14-12-31-16-21(19-7-3-5-9-23(19)31)25-26(28(34)29-27(25)33)22-17-32(18)24-10-6-4-8-20(22)24/h3-10,16-18,25-26H,11-15H2,1-2H3,(H,29,33,34). The zero-order valence-electron chi connectivity index (χ0n) is 20.1. The summed E-state index contributed by atoms with van der Waals surface area (Å²) >= 11 is 0. The summed E-state index contributed by atoms with van der Waals surface area (Å²) in [5, 5.41) is 4.69. The van der Waals surface area contributed by atoms with Gasteiger partial charge in [0.15, 0.2) is 0 Å². The molecule has 7 heteroatoms. The lowest BCUT2D eigenvalue weighted by Crippen LogP contribution is -2.25. The second kappa shape index (κ2) is 8.66. The predicted molar refractivity (Wildman–Crippen MR) is 136 cm³/mol. The average Bonchev–Trinajstić information content (AvgIpc) is 3.48. The van der Waals surface area contributed by atoms with Gasteiger partial charge < -0.3 is 18.8 Å². The van der Waals surface area contributed by atoms with Crippen LogP contribution in [0.15, 0.2) is 60.9 Å². The fourth-order valence-electron chi connectivity index (χ4n) is 5.94. The van der Waals surface area contributed by atoms with Gasteiger partial charge in [-0.05, 0) is 43.8 Å². The number of aromatic nitrogens is 2. The van der Waals surface area contributed by atoms with Crippen LogP contribution >= 0.6 is 0 Å². The molecule has 35 heavy (non-hydrogen) atoms. The summed E-state index contributed by atoms with van der Waals surface area (Å²) < 4.78 is 10.5. The fourth-order valence-corrected chi connectivity index (χ4v) is 5.94. The molecule has 2 aliphatic heterocycles. The first-order chi connectivity index (χ1) is 17.0. The van der Waals surface area contributed by atoms with E-state index >= 15 is 0 Å². The van der Waals surface area contributed by atoms with Gasteiger partial charge in [0.2, 0.25) is 11.8 Å². The average molecular weight is 471 g/mol. The summed E-state index contributed by atoms with van der Waals surface area (Å²) in [6.45, 7) is 2.78. The Morgan fingerprint density at radius 2 is 1.51 bits per heavy atom. The Kier molecular flexibility index (Phi) is 5.46. The van der Waals surface area contributed by atoms with Crippen LogP contribution in [0.5, 0.6) is 0 Å². The van der Waals surface area contributed by atoms with Crippen LogP contribution in [0.2, 0.25) is 0 Å². The monoisotopic (exact) mass is 470 g/mol. The summed E-state index contributed by atoms with van der Waals surface area (Å²) in [7, 11) is 4.15. The normalized spacial score (nSPS) is 23.0. The Hall–Kier alpha value is -3.42. The number of ether oxygens (including phenoxy) is 1. The molecule has 0 saturated carbocycles. The van der Waals surface area contributed by atoms with Gasteiger partial charge in [-0.3, -0.25) is 14.9 Å². The molecule has 7 nitrogen and oxygen atoms in total. The third kappa shape index (κ3) is 3.66. The number of hydrogen-bond donors (Lipinski definition) is 1. The van der Waals surface area contributed by atoms with Crippen molar-refractivity contribution in [1.82, 2.24) is 19.4 Å². The summed E-state index contributed by atoms with van der Waals surface area (Å²) in [4.78, 5) is 28.8. The highest BCUT2D eigenvalue weighted by Gasteiger charge is 2.46. The van der Waals surface area contributed by atoms with Crippen molar-refractivity contribution < 1.29 is 14.3 Å². The molecule has 6 rings (SSSR count). The zero-order chi connectivity index (χ0) is 24.1. The molecule has 0 spiro atoms. The molecule has 0 aliphatic carbocycles. The first-order valence-corrected chi connectivity index (χ1v) is 12.3. The van der Waals surface area contributed by atoms with E-state index < -0.39 is 11.8 Å². The third-order valence-corrected chi connectivity index (χ3v) is 7.45. The molecule has 1 fully saturated rings. The van der Waals surface area contributed by atoms with Crippen LogP contribution in [0.1, 0.15) is 35.4 Å². The van der Waals surface area contributed by atoms with Gasteiger partial charge in [-0.25, -0.2) is 0 Å². The summed E-state index contributed by atoms with van der Waals surface area (Å²) in [5.41, 5.74) is 3.94. The number of nitrogens with zero attached hydrogens (tertiary/aromatic N) is 3. The minimum Gasteiger partial charge on any atom is -0.380 e. The molecule has 2 aromatic heterocycles. The molecule has 3 unspecified atom stereocenters. The Morgan fingerprint density at radius 3 is 2.23 bits per heavy atom. The minimum atomic E-state index is -0.580. The topological polar surface area (TPSA) is 68.5 Å². The maximum atomic E-state index is 13.3. The molecule has 4 aromatic rings. The van der Waals surface area contributed by atoms with Crippen LogP contribution in [-0.2, 0) is 20.9 Å². The molecule has 2 amide bonds. The Morgan fingerprint density at radius 1 is 0.886 bits per heavy atom. The van der Waals surface area contributed by atoms with Crippen molar-refractivity contribution in [3.8, 4) is 0 Å². The van der Waals surface area contributed by atoms with E-state index in [1.54, 1.807) is 0 Å². The van der Waals surface area contributed by atoms with Gasteiger partial charge in [0, 0.05) is 59.9 Å². The molecule has 4 heterocycles. The van der Waals surface area contributed by atoms with E-state index in [1.165, 1.54) is 0 Å². The van der Waals surface area contributed by atoms with Crippen LogP contribution in [0.4, 0.5) is 0 Å². The number of imide groups is 1. The van der Waals surface area contributed by atoms with Gasteiger partial charge in [0.05, 0.1) is 18.4 Å². The molecule has 0 radical (unpaired) electrons. The van der Waals surface area contributed by atoms with Gasteiger partial charge in [-0.1, -0.05) is 36.4 Å². The molecule has 4 bridgehead atoms. The maximum Gasteiger partial charge on any atom is 0.235 e. The summed E-state index contributed by atoms with van der Waals surface area (Å²) in [6.07, 6.45) is 5.01. The quantitative estimate of drug-likeness (QED) is 0.454. The molecular formula is C28H30N4O3. The van der Waals surface area contributed by atoms with E-state index in [0.717, 1.165) is 45.9 Å². The number of nitrogens with one attached hydrogen (secondary N) is 1. The highest BCUT2D eigenvalue weighted by molar-refractivity contribution is 6.13. The third-order valence-electron chi connectivity index (χ3n) is 7.45. The van der Waals surface area contributed by atoms with E-state index in [-0.39, 0.29) is 17.9 Å². The predicted octanol–water partition coefficient (Wildman–Crippen LogP) is 3.64. The molecular weight excluding hydrogens is 440 g/mol. The second-order valence-corrected chi connectivity index (χ2v) is 9.93. The SMILES string of the molecule is CN(C)CC1CCOCCn2cc(c3ccccc32)C2C(=O)NC(=O)C2c2cn1c1ccccc21. The van der Waals surface area contributed by atoms with E-state index in [9.17, 15) is 9.59 Å². The highest BCUT2D eigenvalue weighted by Crippen LogP contribution is 2.44. The smallest absolute Gasteiger partial charge is 0.235 e. The lowest BCUT2D eigenvalue weighted by molar-refractivity contribution is -0.125. The first kappa shape index (κ1) is 22.1. The zero-order valence-corrected chi connectivity index (χ0v) is 20.1. The number of para-hydroxylation sites is 2. The number of carbonyl (C=O) groups excluding carboxylic acids is 2. The van der Waals surface area contributed by atoms with Crippen molar-refractivity contribution in [2.75, 3.05) is 33.9 Å². The van der Waals surface area contributed by atoms with E-state index in [0.29, 0.717) is 19.8 Å². The van der Waals surface area contributed by atoms with Gasteiger partial charge >= 0.3 is 0 Å². The number of rotatable bonds is 2. The summed E-state index contributed by atoms with van der Waals surface area (Å²) in [5.74, 6) is -1.61. The Labute approximate surface area is 204 Å². The van der Waals surface area contributed by atoms with E-state index in [4.69, 9.17) is 4.74 Å². The van der Waals surface area contributed by atoms with Crippen LogP contribution in [0.25, 0.3) is 21.8 Å². The lowest BCUT2D eigenvalue weighted by atomic mass is 9.83. The van der Waals surface area contributed by atoms with Crippen molar-refractivity contribution in [2.24, 2.45) is 0 Å². The molecule has 3 atom stereocenters. The fraction of sp³-hybridized carbons (Fsp3) is 0.357. The molecule has 1 N–H and O–H groups in total. The minimum absolute atomic E-state index is 0.179. The van der Waals surface area contributed by atoms with Crippen LogP contribution in [0.3, 0.4) is 0 Å². The molecule has 2 aromatic carbocycles. The van der Waals surface area contributed by atoms with Crippen molar-refractivity contribution in [3.05, 3.63) is 72.1 Å². The number of benzene rings is 2. The molecule has 180 valence electrons. The van der Waals surface area contributed by atoms with Crippen LogP contribution in [0, 0.1) is 0 Å². The number of carbonyl (C=O) groups is 2. The van der Waals surface area contributed by atoms with Gasteiger partial charge in [0.25, 0.3) is 0 Å². The van der Waals surface area contributed by atoms with E-state index in [2.05, 4.69) is 57.8 Å². The maximum absolute atomic E-state index is 13.3. The second-order valence-electron chi connectivity index (χ2n) is 9.93. The first-order valence-electron chi connectivity index (χ1n) is 12.3.